The third kappa shape index (κ3) is 2.55. The van der Waals surface area contributed by atoms with Crippen LogP contribution in [-0.2, 0) is 11.2 Å². The Morgan fingerprint density at radius 2 is 2.47 bits per heavy atom. The summed E-state index contributed by atoms with van der Waals surface area (Å²) in [5, 5.41) is 0.734. The number of hydrogen-bond donors (Lipinski definition) is 0. The Morgan fingerprint density at radius 1 is 1.65 bits per heavy atom. The molecule has 2 rings (SSSR count). The molecule has 1 aliphatic heterocycles. The van der Waals surface area contributed by atoms with Crippen LogP contribution in [0.5, 0.6) is 0 Å². The van der Waals surface area contributed by atoms with E-state index in [2.05, 4.69) is 15.9 Å². The zero-order chi connectivity index (χ0) is 12.3. The van der Waals surface area contributed by atoms with E-state index >= 15 is 0 Å². The Morgan fingerprint density at radius 3 is 3.18 bits per heavy atom. The maximum Gasteiger partial charge on any atom is 0.257 e. The second kappa shape index (κ2) is 5.69. The lowest BCUT2D eigenvalue weighted by Crippen LogP contribution is -2.49. The lowest BCUT2D eigenvalue weighted by Gasteiger charge is -2.34. The van der Waals surface area contributed by atoms with Crippen LogP contribution in [0.2, 0.25) is 0 Å². The molecule has 0 saturated carbocycles. The first-order valence-electron chi connectivity index (χ1n) is 5.79. The van der Waals surface area contributed by atoms with Crippen molar-refractivity contribution in [2.75, 3.05) is 25.1 Å². The molecule has 0 aromatic carbocycles. The minimum atomic E-state index is 0.0448. The van der Waals surface area contributed by atoms with Crippen molar-refractivity contribution in [3.8, 4) is 0 Å². The molecule has 0 radical (unpaired) electrons. The van der Waals surface area contributed by atoms with Crippen molar-refractivity contribution in [3.05, 3.63) is 23.7 Å². The Labute approximate surface area is 109 Å². The molecule has 17 heavy (non-hydrogen) atoms. The van der Waals surface area contributed by atoms with Gasteiger partial charge in [0.1, 0.15) is 5.76 Å². The van der Waals surface area contributed by atoms with Gasteiger partial charge in [-0.3, -0.25) is 4.79 Å². The van der Waals surface area contributed by atoms with E-state index < -0.39 is 0 Å². The third-order valence-electron chi connectivity index (χ3n) is 2.96. The molecule has 0 bridgehead atoms. The summed E-state index contributed by atoms with van der Waals surface area (Å²) in [6, 6.07) is 1.86. The maximum atomic E-state index is 12.4. The minimum absolute atomic E-state index is 0.0448. The number of rotatable bonds is 3. The number of furan rings is 1. The number of amides is 1. The normalized spacial score (nSPS) is 20.6. The van der Waals surface area contributed by atoms with Crippen LogP contribution in [-0.4, -0.2) is 41.9 Å². The van der Waals surface area contributed by atoms with E-state index in [9.17, 15) is 4.79 Å². The number of hydrogen-bond acceptors (Lipinski definition) is 3. The van der Waals surface area contributed by atoms with E-state index in [1.54, 1.807) is 12.3 Å². The smallest absolute Gasteiger partial charge is 0.257 e. The average molecular weight is 302 g/mol. The molecule has 1 aromatic rings. The zero-order valence-electron chi connectivity index (χ0n) is 9.82. The fourth-order valence-electron chi connectivity index (χ4n) is 2.01. The summed E-state index contributed by atoms with van der Waals surface area (Å²) >= 11 is 3.42. The van der Waals surface area contributed by atoms with Gasteiger partial charge >= 0.3 is 0 Å². The molecule has 94 valence electrons. The second-order valence-corrected chi connectivity index (χ2v) is 4.64. The zero-order valence-corrected chi connectivity index (χ0v) is 11.4. The number of halogens is 1. The Kier molecular flexibility index (Phi) is 4.23. The second-order valence-electron chi connectivity index (χ2n) is 3.99. The van der Waals surface area contributed by atoms with E-state index in [0.717, 1.165) is 17.5 Å². The van der Waals surface area contributed by atoms with Crippen molar-refractivity contribution in [3.63, 3.8) is 0 Å². The van der Waals surface area contributed by atoms with Crippen molar-refractivity contribution in [1.29, 1.82) is 0 Å². The van der Waals surface area contributed by atoms with Crippen LogP contribution in [0.15, 0.2) is 16.7 Å². The highest BCUT2D eigenvalue weighted by Crippen LogP contribution is 2.18. The molecule has 1 fully saturated rings. The predicted molar refractivity (Wildman–Crippen MR) is 67.5 cm³/mol. The third-order valence-corrected chi connectivity index (χ3v) is 3.71. The van der Waals surface area contributed by atoms with Gasteiger partial charge in [-0.15, -0.1) is 0 Å². The summed E-state index contributed by atoms with van der Waals surface area (Å²) in [7, 11) is 0. The van der Waals surface area contributed by atoms with Gasteiger partial charge in [0.05, 0.1) is 31.1 Å². The van der Waals surface area contributed by atoms with E-state index in [-0.39, 0.29) is 11.9 Å². The number of ether oxygens (including phenoxy) is 1. The van der Waals surface area contributed by atoms with Crippen LogP contribution in [0.4, 0.5) is 0 Å². The SMILES string of the molecule is CCc1occc1C(=O)N1CCOCC1CBr. The van der Waals surface area contributed by atoms with Gasteiger partial charge in [0.15, 0.2) is 0 Å². The molecular weight excluding hydrogens is 286 g/mol. The van der Waals surface area contributed by atoms with Crippen LogP contribution in [0.1, 0.15) is 23.0 Å². The number of alkyl halides is 1. The average Bonchev–Trinajstić information content (AvgIpc) is 2.86. The van der Waals surface area contributed by atoms with Gasteiger partial charge in [0, 0.05) is 18.3 Å². The molecule has 0 spiro atoms. The van der Waals surface area contributed by atoms with Crippen molar-refractivity contribution < 1.29 is 13.9 Å². The van der Waals surface area contributed by atoms with Gasteiger partial charge < -0.3 is 14.1 Å². The fourth-order valence-corrected chi connectivity index (χ4v) is 2.55. The van der Waals surface area contributed by atoms with Gasteiger partial charge in [-0.1, -0.05) is 22.9 Å². The number of aryl methyl sites for hydroxylation is 1. The lowest BCUT2D eigenvalue weighted by molar-refractivity contribution is 0.00513. The molecule has 4 nitrogen and oxygen atoms in total. The lowest BCUT2D eigenvalue weighted by atomic mass is 10.1. The van der Waals surface area contributed by atoms with Crippen LogP contribution in [0, 0.1) is 0 Å². The quantitative estimate of drug-likeness (QED) is 0.803. The summed E-state index contributed by atoms with van der Waals surface area (Å²) in [6.07, 6.45) is 2.31. The summed E-state index contributed by atoms with van der Waals surface area (Å²) in [5.41, 5.74) is 0.681. The van der Waals surface area contributed by atoms with Crippen molar-refractivity contribution in [2.24, 2.45) is 0 Å². The molecule has 1 aliphatic rings. The molecule has 1 aromatic heterocycles. The van der Waals surface area contributed by atoms with E-state index in [1.807, 2.05) is 11.8 Å². The number of carbonyl (C=O) groups excluding carboxylic acids is 1. The van der Waals surface area contributed by atoms with Crippen LogP contribution in [0.3, 0.4) is 0 Å². The summed E-state index contributed by atoms with van der Waals surface area (Å²) in [4.78, 5) is 14.3. The van der Waals surface area contributed by atoms with Crippen LogP contribution >= 0.6 is 15.9 Å². The van der Waals surface area contributed by atoms with Gasteiger partial charge in [0.25, 0.3) is 5.91 Å². The van der Waals surface area contributed by atoms with Crippen LogP contribution < -0.4 is 0 Å². The van der Waals surface area contributed by atoms with E-state index in [4.69, 9.17) is 9.15 Å². The molecule has 1 unspecified atom stereocenters. The van der Waals surface area contributed by atoms with Gasteiger partial charge in [-0.25, -0.2) is 0 Å². The number of morpholine rings is 1. The molecule has 5 heteroatoms. The standard InChI is InChI=1S/C12H16BrNO3/c1-2-11-10(3-5-17-11)12(15)14-4-6-16-8-9(14)7-13/h3,5,9H,2,4,6-8H2,1H3. The maximum absolute atomic E-state index is 12.4. The Hall–Kier alpha value is -0.810. The van der Waals surface area contributed by atoms with Crippen molar-refractivity contribution in [1.82, 2.24) is 4.90 Å². The summed E-state index contributed by atoms with van der Waals surface area (Å²) in [6.45, 7) is 3.82. The fraction of sp³-hybridized carbons (Fsp3) is 0.583. The van der Waals surface area contributed by atoms with Crippen molar-refractivity contribution >= 4 is 21.8 Å². The highest BCUT2D eigenvalue weighted by atomic mass is 79.9. The first-order valence-corrected chi connectivity index (χ1v) is 6.91. The molecule has 0 aliphatic carbocycles. The first kappa shape index (κ1) is 12.6. The molecular formula is C12H16BrNO3. The highest BCUT2D eigenvalue weighted by molar-refractivity contribution is 9.09. The van der Waals surface area contributed by atoms with E-state index in [1.165, 1.54) is 0 Å². The molecule has 2 heterocycles. The molecule has 1 atom stereocenters. The Balaban J connectivity index is 2.18. The summed E-state index contributed by atoms with van der Waals surface area (Å²) < 4.78 is 10.7. The van der Waals surface area contributed by atoms with Crippen LogP contribution in [0.25, 0.3) is 0 Å². The van der Waals surface area contributed by atoms with Crippen molar-refractivity contribution in [2.45, 2.75) is 19.4 Å². The predicted octanol–water partition coefficient (Wildman–Crippen LogP) is 2.08. The first-order chi connectivity index (χ1) is 8.27. The van der Waals surface area contributed by atoms with E-state index in [0.29, 0.717) is 25.3 Å². The van der Waals surface area contributed by atoms with Gasteiger partial charge in [0.2, 0.25) is 0 Å². The largest absolute Gasteiger partial charge is 0.469 e. The highest BCUT2D eigenvalue weighted by Gasteiger charge is 2.29. The van der Waals surface area contributed by atoms with Gasteiger partial charge in [-0.05, 0) is 6.07 Å². The molecule has 1 saturated heterocycles. The monoisotopic (exact) mass is 301 g/mol. The topological polar surface area (TPSA) is 42.7 Å². The Bertz CT molecular complexity index is 391. The number of carbonyl (C=O) groups is 1. The number of nitrogens with zero attached hydrogens (tertiary/aromatic N) is 1. The van der Waals surface area contributed by atoms with Gasteiger partial charge in [-0.2, -0.15) is 0 Å². The molecule has 1 amide bonds. The summed E-state index contributed by atoms with van der Waals surface area (Å²) in [5.74, 6) is 0.804. The minimum Gasteiger partial charge on any atom is -0.469 e. The molecule has 0 N–H and O–H groups in total.